The molecular formula is C29H24F3N5O3S. The minimum absolute atomic E-state index is 0.0125. The van der Waals surface area contributed by atoms with Crippen molar-refractivity contribution >= 4 is 21.5 Å². The van der Waals surface area contributed by atoms with E-state index in [0.717, 1.165) is 17.8 Å². The quantitative estimate of drug-likeness (QED) is 0.190. The Morgan fingerprint density at radius 3 is 2.44 bits per heavy atom. The fourth-order valence-corrected chi connectivity index (χ4v) is 5.01. The number of benzene rings is 2. The maximum atomic E-state index is 13.6. The van der Waals surface area contributed by atoms with Gasteiger partial charge in [0, 0.05) is 29.7 Å². The van der Waals surface area contributed by atoms with Crippen molar-refractivity contribution in [2.75, 3.05) is 0 Å². The Balaban J connectivity index is 1.75. The van der Waals surface area contributed by atoms with Crippen LogP contribution in [0, 0.1) is 25.3 Å². The largest absolute Gasteiger partial charge is 0.416 e. The fraction of sp³-hybridized carbons (Fsp3) is 0.138. The van der Waals surface area contributed by atoms with Crippen LogP contribution in [0.4, 0.5) is 13.2 Å². The Labute approximate surface area is 234 Å². The molecule has 8 nitrogen and oxygen atoms in total. The van der Waals surface area contributed by atoms with Crippen LogP contribution in [-0.4, -0.2) is 25.5 Å². The van der Waals surface area contributed by atoms with Crippen LogP contribution in [-0.2, 0) is 22.4 Å². The summed E-state index contributed by atoms with van der Waals surface area (Å²) in [4.78, 5) is 31.4. The molecule has 2 aromatic carbocycles. The molecule has 1 atom stereocenters. The molecule has 0 saturated carbocycles. The van der Waals surface area contributed by atoms with Gasteiger partial charge in [0.05, 0.1) is 32.1 Å². The molecule has 1 amide bonds. The second kappa shape index (κ2) is 11.3. The van der Waals surface area contributed by atoms with E-state index in [2.05, 4.69) is 20.9 Å². The third kappa shape index (κ3) is 6.31. The number of alkyl halides is 3. The summed E-state index contributed by atoms with van der Waals surface area (Å²) in [5.41, 5.74) is 0.197. The highest BCUT2D eigenvalue weighted by molar-refractivity contribution is 7.98. The van der Waals surface area contributed by atoms with Gasteiger partial charge < -0.3 is 9.88 Å². The molecule has 0 fully saturated rings. The minimum atomic E-state index is -4.62. The maximum absolute atomic E-state index is 13.6. The summed E-state index contributed by atoms with van der Waals surface area (Å²) >= 11 is 0. The number of hydrogen-bond donors (Lipinski definition) is 2. The van der Waals surface area contributed by atoms with Crippen LogP contribution < -0.4 is 15.5 Å². The van der Waals surface area contributed by atoms with Crippen molar-refractivity contribution in [3.63, 3.8) is 0 Å². The zero-order chi connectivity index (χ0) is 29.9. The van der Waals surface area contributed by atoms with Crippen LogP contribution in [0.1, 0.15) is 32.9 Å². The zero-order valence-corrected chi connectivity index (χ0v) is 22.8. The first-order valence-electron chi connectivity index (χ1n) is 12.1. The SMILES string of the molecule is C=S(=O)(NC#N)c1ccc(CNC(=O)c2cn(-c3ccc(C)nc3)c(C)c(-c3cccc(C(F)(F)F)c3)c2=O)cc1. The van der Waals surface area contributed by atoms with Crippen molar-refractivity contribution in [1.82, 2.24) is 19.6 Å². The van der Waals surface area contributed by atoms with Gasteiger partial charge in [0.25, 0.3) is 5.91 Å². The molecule has 12 heteroatoms. The Hall–Kier alpha value is -4.89. The lowest BCUT2D eigenvalue weighted by molar-refractivity contribution is -0.137. The molecule has 4 rings (SSSR count). The van der Waals surface area contributed by atoms with Gasteiger partial charge in [0.2, 0.25) is 5.43 Å². The highest BCUT2D eigenvalue weighted by Crippen LogP contribution is 2.32. The number of halogens is 3. The van der Waals surface area contributed by atoms with Crippen molar-refractivity contribution < 1.29 is 22.2 Å². The molecule has 0 aliphatic carbocycles. The first-order valence-corrected chi connectivity index (χ1v) is 13.8. The van der Waals surface area contributed by atoms with Gasteiger partial charge in [-0.2, -0.15) is 18.4 Å². The molecule has 0 bridgehead atoms. The average molecular weight is 580 g/mol. The number of nitrogens with zero attached hydrogens (tertiary/aromatic N) is 3. The van der Waals surface area contributed by atoms with E-state index in [0.29, 0.717) is 16.9 Å². The number of pyridine rings is 2. The molecule has 2 heterocycles. The van der Waals surface area contributed by atoms with E-state index in [1.165, 1.54) is 36.7 Å². The van der Waals surface area contributed by atoms with Gasteiger partial charge in [-0.25, -0.2) is 8.93 Å². The predicted molar refractivity (Wildman–Crippen MR) is 150 cm³/mol. The second-order valence-corrected chi connectivity index (χ2v) is 11.2. The van der Waals surface area contributed by atoms with Crippen molar-refractivity contribution in [2.45, 2.75) is 31.5 Å². The number of nitrogens with one attached hydrogen (secondary N) is 2. The molecule has 0 spiro atoms. The smallest absolute Gasteiger partial charge is 0.348 e. The molecule has 1 unspecified atom stereocenters. The third-order valence-electron chi connectivity index (χ3n) is 6.32. The number of carbonyl (C=O) groups is 1. The summed E-state index contributed by atoms with van der Waals surface area (Å²) in [6.45, 7) is 3.36. The first kappa shape index (κ1) is 29.1. The van der Waals surface area contributed by atoms with Gasteiger partial charge in [0.15, 0.2) is 6.19 Å². The number of carbonyl (C=O) groups excluding carboxylic acids is 1. The lowest BCUT2D eigenvalue weighted by Crippen LogP contribution is -2.30. The average Bonchev–Trinajstić information content (AvgIpc) is 2.92. The highest BCUT2D eigenvalue weighted by Gasteiger charge is 2.31. The van der Waals surface area contributed by atoms with Gasteiger partial charge in [-0.05, 0) is 67.2 Å². The minimum Gasteiger partial charge on any atom is -0.348 e. The van der Waals surface area contributed by atoms with Crippen molar-refractivity contribution in [2.24, 2.45) is 0 Å². The normalized spacial score (nSPS) is 12.7. The number of rotatable bonds is 7. The van der Waals surface area contributed by atoms with Crippen molar-refractivity contribution in [3.05, 3.63) is 111 Å². The summed E-state index contributed by atoms with van der Waals surface area (Å²) in [6, 6.07) is 14.0. The van der Waals surface area contributed by atoms with E-state index >= 15 is 0 Å². The van der Waals surface area contributed by atoms with Gasteiger partial charge >= 0.3 is 6.18 Å². The lowest BCUT2D eigenvalue weighted by Gasteiger charge is -2.18. The predicted octanol–water partition coefficient (Wildman–Crippen LogP) is 4.53. The number of aromatic nitrogens is 2. The molecule has 210 valence electrons. The highest BCUT2D eigenvalue weighted by atomic mass is 32.2. The van der Waals surface area contributed by atoms with Crippen LogP contribution in [0.5, 0.6) is 0 Å². The number of nitriles is 1. The van der Waals surface area contributed by atoms with E-state index in [-0.39, 0.29) is 28.1 Å². The van der Waals surface area contributed by atoms with Gasteiger partial charge in [-0.1, -0.05) is 24.3 Å². The summed E-state index contributed by atoms with van der Waals surface area (Å²) < 4.78 is 56.5. The molecule has 0 saturated heterocycles. The second-order valence-electron chi connectivity index (χ2n) is 9.15. The number of amides is 1. The number of aryl methyl sites for hydroxylation is 1. The van der Waals surface area contributed by atoms with Crippen LogP contribution in [0.25, 0.3) is 16.8 Å². The van der Waals surface area contributed by atoms with Gasteiger partial charge in [0.1, 0.15) is 5.56 Å². The molecule has 0 aliphatic rings. The van der Waals surface area contributed by atoms with E-state index in [4.69, 9.17) is 5.26 Å². The monoisotopic (exact) mass is 579 g/mol. The molecule has 4 aromatic rings. The third-order valence-corrected chi connectivity index (χ3v) is 7.77. The maximum Gasteiger partial charge on any atom is 0.416 e. The summed E-state index contributed by atoms with van der Waals surface area (Å²) in [7, 11) is -3.01. The molecule has 0 aliphatic heterocycles. The van der Waals surface area contributed by atoms with Crippen LogP contribution in [0.2, 0.25) is 0 Å². The van der Waals surface area contributed by atoms with Crippen LogP contribution in [0.15, 0.2) is 82.7 Å². The van der Waals surface area contributed by atoms with Crippen molar-refractivity contribution in [1.29, 1.82) is 5.26 Å². The lowest BCUT2D eigenvalue weighted by atomic mass is 9.98. The van der Waals surface area contributed by atoms with Gasteiger partial charge in [-0.15, -0.1) is 0 Å². The van der Waals surface area contributed by atoms with Gasteiger partial charge in [-0.3, -0.25) is 14.6 Å². The summed E-state index contributed by atoms with van der Waals surface area (Å²) in [6.07, 6.45) is -0.153. The van der Waals surface area contributed by atoms with E-state index in [1.807, 2.05) is 0 Å². The number of hydrogen-bond acceptors (Lipinski definition) is 5. The Bertz CT molecular complexity index is 1820. The van der Waals surface area contributed by atoms with Crippen LogP contribution >= 0.6 is 0 Å². The topological polar surface area (TPSA) is 117 Å². The molecule has 41 heavy (non-hydrogen) atoms. The molecule has 0 radical (unpaired) electrons. The Morgan fingerprint density at radius 2 is 1.83 bits per heavy atom. The molecular weight excluding hydrogens is 555 g/mol. The van der Waals surface area contributed by atoms with E-state index in [9.17, 15) is 27.0 Å². The summed E-state index contributed by atoms with van der Waals surface area (Å²) in [5, 5.41) is 11.4. The van der Waals surface area contributed by atoms with Crippen molar-refractivity contribution in [3.8, 4) is 23.0 Å². The first-order chi connectivity index (χ1) is 19.3. The molecule has 2 N–H and O–H groups in total. The standard InChI is InChI=1S/C29H24F3N5O3S/c1-18-7-10-23(15-34-18)37-16-25(27(38)26(19(37)2)21-5-4-6-22(13-21)29(30,31)32)28(39)35-14-20-8-11-24(12-9-20)41(3,40)36-17-33/h4-13,15-16H,3,14H2,1-2H3,(H,35,39)(H,36,40). The molecule has 2 aromatic heterocycles. The van der Waals surface area contributed by atoms with E-state index in [1.54, 1.807) is 48.9 Å². The Kier molecular flexibility index (Phi) is 8.02. The summed E-state index contributed by atoms with van der Waals surface area (Å²) in [5.74, 6) is 2.76. The fourth-order valence-electron chi connectivity index (χ4n) is 4.16. The van der Waals surface area contributed by atoms with E-state index < -0.39 is 32.8 Å². The van der Waals surface area contributed by atoms with Crippen LogP contribution in [0.3, 0.4) is 0 Å². The zero-order valence-electron chi connectivity index (χ0n) is 22.0. The Morgan fingerprint density at radius 1 is 1.12 bits per heavy atom.